The molecule has 0 aliphatic heterocycles. The van der Waals surface area contributed by atoms with Gasteiger partial charge in [0.2, 0.25) is 5.91 Å². The van der Waals surface area contributed by atoms with E-state index in [4.69, 9.17) is 15.9 Å². The summed E-state index contributed by atoms with van der Waals surface area (Å²) in [5.74, 6) is -1.63. The Morgan fingerprint density at radius 2 is 1.85 bits per heavy atom. The number of aliphatic hydroxyl groups is 1. The quantitative estimate of drug-likeness (QED) is 0.531. The molecule has 0 aromatic heterocycles. The lowest BCUT2D eigenvalue weighted by Crippen LogP contribution is -2.42. The summed E-state index contributed by atoms with van der Waals surface area (Å²) >= 11 is 0. The van der Waals surface area contributed by atoms with Gasteiger partial charge in [0.25, 0.3) is 0 Å². The average Bonchev–Trinajstić information content (AvgIpc) is 2.45. The predicted octanol–water partition coefficient (Wildman–Crippen LogP) is -0.102. The van der Waals surface area contributed by atoms with Crippen molar-refractivity contribution in [3.8, 4) is 0 Å². The smallest absolute Gasteiger partial charge is 0.332 e. The monoisotopic (exact) mass is 280 g/mol. The average molecular weight is 280 g/mol. The number of carbonyl (C=O) groups excluding carboxylic acids is 1. The molecule has 0 saturated carbocycles. The van der Waals surface area contributed by atoms with Crippen LogP contribution < -0.4 is 11.1 Å². The lowest BCUT2D eigenvalue weighted by molar-refractivity contribution is -0.147. The Labute approximate surface area is 117 Å². The van der Waals surface area contributed by atoms with Crippen LogP contribution in [0.2, 0.25) is 0 Å². The number of rotatable bonds is 8. The van der Waals surface area contributed by atoms with Crippen LogP contribution in [0.1, 0.15) is 18.4 Å². The molecule has 0 spiro atoms. The molecule has 0 heterocycles. The number of hydrogen-bond acceptors (Lipinski definition) is 4. The van der Waals surface area contributed by atoms with Gasteiger partial charge in [-0.1, -0.05) is 30.3 Å². The SMILES string of the molecule is NC(CCc1ccccc1)C(=O)NCCC(O)C(=O)O. The lowest BCUT2D eigenvalue weighted by atomic mass is 10.1. The van der Waals surface area contributed by atoms with Crippen molar-refractivity contribution < 1.29 is 19.8 Å². The van der Waals surface area contributed by atoms with E-state index in [2.05, 4.69) is 5.32 Å². The van der Waals surface area contributed by atoms with Crippen molar-refractivity contribution in [2.75, 3.05) is 6.54 Å². The summed E-state index contributed by atoms with van der Waals surface area (Å²) in [7, 11) is 0. The van der Waals surface area contributed by atoms with E-state index in [1.54, 1.807) is 0 Å². The minimum atomic E-state index is -1.46. The standard InChI is InChI=1S/C14H20N2O4/c15-11(7-6-10-4-2-1-3-5-10)13(18)16-9-8-12(17)14(19)20/h1-5,11-12,17H,6-9,15H2,(H,16,18)(H,19,20). The number of aliphatic hydroxyl groups excluding tert-OH is 1. The van der Waals surface area contributed by atoms with E-state index in [-0.39, 0.29) is 18.9 Å². The highest BCUT2D eigenvalue weighted by molar-refractivity contribution is 5.81. The van der Waals surface area contributed by atoms with Gasteiger partial charge >= 0.3 is 5.97 Å². The first kappa shape index (κ1) is 16.1. The van der Waals surface area contributed by atoms with Crippen molar-refractivity contribution >= 4 is 11.9 Å². The fourth-order valence-electron chi connectivity index (χ4n) is 1.68. The Balaban J connectivity index is 2.24. The van der Waals surface area contributed by atoms with E-state index in [0.717, 1.165) is 5.56 Å². The highest BCUT2D eigenvalue weighted by Crippen LogP contribution is 2.04. The summed E-state index contributed by atoms with van der Waals surface area (Å²) < 4.78 is 0. The molecule has 1 amide bonds. The number of hydrogen-bond donors (Lipinski definition) is 4. The largest absolute Gasteiger partial charge is 0.479 e. The maximum Gasteiger partial charge on any atom is 0.332 e. The van der Waals surface area contributed by atoms with Crippen molar-refractivity contribution in [3.63, 3.8) is 0 Å². The van der Waals surface area contributed by atoms with E-state index >= 15 is 0 Å². The van der Waals surface area contributed by atoms with Crippen LogP contribution in [0.5, 0.6) is 0 Å². The molecule has 110 valence electrons. The van der Waals surface area contributed by atoms with E-state index < -0.39 is 18.1 Å². The third kappa shape index (κ3) is 5.81. The Kier molecular flexibility index (Phi) is 6.69. The number of amides is 1. The number of carboxylic acids is 1. The molecule has 0 saturated heterocycles. The fourth-order valence-corrected chi connectivity index (χ4v) is 1.68. The van der Waals surface area contributed by atoms with Crippen LogP contribution in [0.15, 0.2) is 30.3 Å². The summed E-state index contributed by atoms with van der Waals surface area (Å²) in [6.45, 7) is 0.0886. The third-order valence-electron chi connectivity index (χ3n) is 2.93. The molecule has 20 heavy (non-hydrogen) atoms. The minimum Gasteiger partial charge on any atom is -0.479 e. The topological polar surface area (TPSA) is 113 Å². The van der Waals surface area contributed by atoms with Crippen LogP contribution in [-0.2, 0) is 16.0 Å². The van der Waals surface area contributed by atoms with Gasteiger partial charge in [-0.2, -0.15) is 0 Å². The summed E-state index contributed by atoms with van der Waals surface area (Å²) in [6.07, 6.45) is -0.285. The Bertz CT molecular complexity index is 436. The van der Waals surface area contributed by atoms with Crippen molar-refractivity contribution in [1.29, 1.82) is 0 Å². The van der Waals surface area contributed by atoms with Gasteiger partial charge in [0.05, 0.1) is 6.04 Å². The summed E-state index contributed by atoms with van der Waals surface area (Å²) in [5.41, 5.74) is 6.86. The van der Waals surface area contributed by atoms with Crippen LogP contribution in [0, 0.1) is 0 Å². The van der Waals surface area contributed by atoms with Gasteiger partial charge in [0.15, 0.2) is 6.10 Å². The molecule has 0 fully saturated rings. The first-order valence-electron chi connectivity index (χ1n) is 6.49. The molecule has 2 unspecified atom stereocenters. The molecule has 0 radical (unpaired) electrons. The van der Waals surface area contributed by atoms with Gasteiger partial charge in [-0.15, -0.1) is 0 Å². The van der Waals surface area contributed by atoms with Crippen LogP contribution >= 0.6 is 0 Å². The zero-order chi connectivity index (χ0) is 15.0. The van der Waals surface area contributed by atoms with Gasteiger partial charge in [-0.3, -0.25) is 4.79 Å². The fraction of sp³-hybridized carbons (Fsp3) is 0.429. The number of carbonyl (C=O) groups is 2. The normalized spacial score (nSPS) is 13.5. The number of nitrogens with two attached hydrogens (primary N) is 1. The van der Waals surface area contributed by atoms with Crippen LogP contribution in [0.25, 0.3) is 0 Å². The maximum absolute atomic E-state index is 11.7. The molecular formula is C14H20N2O4. The number of carboxylic acid groups (broad SMARTS) is 1. The van der Waals surface area contributed by atoms with E-state index in [9.17, 15) is 9.59 Å². The molecule has 6 heteroatoms. The van der Waals surface area contributed by atoms with Crippen molar-refractivity contribution in [2.45, 2.75) is 31.4 Å². The molecule has 5 N–H and O–H groups in total. The second-order valence-corrected chi connectivity index (χ2v) is 4.56. The first-order chi connectivity index (χ1) is 9.50. The van der Waals surface area contributed by atoms with Gasteiger partial charge in [-0.05, 0) is 18.4 Å². The van der Waals surface area contributed by atoms with Gasteiger partial charge < -0.3 is 21.3 Å². The first-order valence-corrected chi connectivity index (χ1v) is 6.49. The molecule has 0 aliphatic rings. The molecule has 1 aromatic carbocycles. The van der Waals surface area contributed by atoms with E-state index in [0.29, 0.717) is 12.8 Å². The molecule has 1 rings (SSSR count). The van der Waals surface area contributed by atoms with Crippen LogP contribution in [0.4, 0.5) is 0 Å². The number of nitrogens with one attached hydrogen (secondary N) is 1. The maximum atomic E-state index is 11.7. The van der Waals surface area contributed by atoms with Gasteiger partial charge in [0, 0.05) is 13.0 Å². The molecule has 2 atom stereocenters. The molecule has 0 bridgehead atoms. The Morgan fingerprint density at radius 3 is 2.45 bits per heavy atom. The number of benzene rings is 1. The zero-order valence-corrected chi connectivity index (χ0v) is 11.2. The van der Waals surface area contributed by atoms with Gasteiger partial charge in [0.1, 0.15) is 0 Å². The van der Waals surface area contributed by atoms with E-state index in [1.165, 1.54) is 0 Å². The minimum absolute atomic E-state index is 0.0352. The highest BCUT2D eigenvalue weighted by Gasteiger charge is 2.16. The molecule has 1 aromatic rings. The number of aryl methyl sites for hydroxylation is 1. The second kappa shape index (κ2) is 8.29. The summed E-state index contributed by atoms with van der Waals surface area (Å²) in [4.78, 5) is 22.0. The van der Waals surface area contributed by atoms with Crippen molar-refractivity contribution in [1.82, 2.24) is 5.32 Å². The number of aliphatic carboxylic acids is 1. The second-order valence-electron chi connectivity index (χ2n) is 4.56. The van der Waals surface area contributed by atoms with E-state index in [1.807, 2.05) is 30.3 Å². The summed E-state index contributed by atoms with van der Waals surface area (Å²) in [6, 6.07) is 9.06. The molecule has 0 aliphatic carbocycles. The molecular weight excluding hydrogens is 260 g/mol. The Hall–Kier alpha value is -1.92. The van der Waals surface area contributed by atoms with Crippen molar-refractivity contribution in [3.05, 3.63) is 35.9 Å². The van der Waals surface area contributed by atoms with Gasteiger partial charge in [-0.25, -0.2) is 4.79 Å². The van der Waals surface area contributed by atoms with Crippen LogP contribution in [-0.4, -0.2) is 40.8 Å². The third-order valence-corrected chi connectivity index (χ3v) is 2.93. The summed E-state index contributed by atoms with van der Waals surface area (Å²) in [5, 5.41) is 20.0. The molecule has 6 nitrogen and oxygen atoms in total. The Morgan fingerprint density at radius 1 is 1.20 bits per heavy atom. The van der Waals surface area contributed by atoms with Crippen LogP contribution in [0.3, 0.4) is 0 Å². The lowest BCUT2D eigenvalue weighted by Gasteiger charge is -2.13. The predicted molar refractivity (Wildman–Crippen MR) is 74.0 cm³/mol. The highest BCUT2D eigenvalue weighted by atomic mass is 16.4. The zero-order valence-electron chi connectivity index (χ0n) is 11.2. The van der Waals surface area contributed by atoms with Crippen molar-refractivity contribution in [2.24, 2.45) is 5.73 Å².